The highest BCUT2D eigenvalue weighted by molar-refractivity contribution is 5.06. The Balaban J connectivity index is 1.32. The second-order valence-electron chi connectivity index (χ2n) is 6.54. The number of fused-ring (bicyclic) bond motifs is 5. The van der Waals surface area contributed by atoms with Crippen molar-refractivity contribution in [2.75, 3.05) is 6.54 Å². The zero-order chi connectivity index (χ0) is 11.9. The minimum atomic E-state index is 0.810. The van der Waals surface area contributed by atoms with E-state index in [2.05, 4.69) is 11.4 Å². The second-order valence-corrected chi connectivity index (χ2v) is 6.54. The fourth-order valence-electron chi connectivity index (χ4n) is 5.14. The van der Waals surface area contributed by atoms with E-state index in [1.54, 1.807) is 6.26 Å². The lowest BCUT2D eigenvalue weighted by Crippen LogP contribution is -2.40. The normalized spacial score (nSPS) is 41.4. The second kappa shape index (κ2) is 4.41. The van der Waals surface area contributed by atoms with Crippen molar-refractivity contribution in [2.45, 2.75) is 44.6 Å². The molecule has 0 aromatic carbocycles. The van der Waals surface area contributed by atoms with E-state index in [9.17, 15) is 0 Å². The summed E-state index contributed by atoms with van der Waals surface area (Å²) in [5.74, 6) is 5.36. The summed E-state index contributed by atoms with van der Waals surface area (Å²) in [7, 11) is 0. The van der Waals surface area contributed by atoms with E-state index in [1.165, 1.54) is 32.1 Å². The molecule has 5 atom stereocenters. The van der Waals surface area contributed by atoms with Gasteiger partial charge in [-0.15, -0.1) is 0 Å². The molecule has 0 saturated heterocycles. The molecule has 2 bridgehead atoms. The Labute approximate surface area is 109 Å². The summed E-state index contributed by atoms with van der Waals surface area (Å²) in [6.07, 6.45) is 10.3. The Morgan fingerprint density at radius 1 is 1.17 bits per heavy atom. The van der Waals surface area contributed by atoms with Crippen LogP contribution in [0.3, 0.4) is 0 Å². The molecule has 2 nitrogen and oxygen atoms in total. The first-order valence-corrected chi connectivity index (χ1v) is 7.67. The third-order valence-electron chi connectivity index (χ3n) is 5.79. The van der Waals surface area contributed by atoms with Crippen molar-refractivity contribution in [3.63, 3.8) is 0 Å². The van der Waals surface area contributed by atoms with Gasteiger partial charge >= 0.3 is 0 Å². The molecule has 3 aliphatic carbocycles. The van der Waals surface area contributed by atoms with Gasteiger partial charge in [0, 0.05) is 19.0 Å². The lowest BCUT2D eigenvalue weighted by molar-refractivity contribution is 0.209. The van der Waals surface area contributed by atoms with Crippen molar-refractivity contribution in [1.29, 1.82) is 0 Å². The van der Waals surface area contributed by atoms with Gasteiger partial charge in [0.25, 0.3) is 0 Å². The van der Waals surface area contributed by atoms with Crippen LogP contribution in [0.15, 0.2) is 22.8 Å². The van der Waals surface area contributed by atoms with Gasteiger partial charge in [-0.05, 0) is 61.5 Å². The van der Waals surface area contributed by atoms with Crippen LogP contribution < -0.4 is 5.32 Å². The van der Waals surface area contributed by atoms with Gasteiger partial charge in [-0.1, -0.05) is 6.42 Å². The van der Waals surface area contributed by atoms with E-state index in [0.29, 0.717) is 0 Å². The summed E-state index contributed by atoms with van der Waals surface area (Å²) < 4.78 is 5.39. The summed E-state index contributed by atoms with van der Waals surface area (Å²) in [6, 6.07) is 4.87. The average molecular weight is 245 g/mol. The third-order valence-corrected chi connectivity index (χ3v) is 5.79. The molecule has 4 rings (SSSR count). The molecule has 0 spiro atoms. The van der Waals surface area contributed by atoms with Gasteiger partial charge in [-0.25, -0.2) is 0 Å². The average Bonchev–Trinajstić information content (AvgIpc) is 3.12. The molecule has 2 heteroatoms. The van der Waals surface area contributed by atoms with Gasteiger partial charge in [0.2, 0.25) is 0 Å². The maximum Gasteiger partial charge on any atom is 0.105 e. The molecule has 0 aliphatic heterocycles. The van der Waals surface area contributed by atoms with Crippen molar-refractivity contribution in [3.05, 3.63) is 24.2 Å². The highest BCUT2D eigenvalue weighted by Crippen LogP contribution is 2.58. The van der Waals surface area contributed by atoms with Crippen molar-refractivity contribution < 1.29 is 4.42 Å². The van der Waals surface area contributed by atoms with E-state index < -0.39 is 0 Å². The van der Waals surface area contributed by atoms with E-state index in [1.807, 2.05) is 6.07 Å². The van der Waals surface area contributed by atoms with Gasteiger partial charge in [0.15, 0.2) is 0 Å². The fraction of sp³-hybridized carbons (Fsp3) is 0.750. The summed E-state index contributed by atoms with van der Waals surface area (Å²) in [5, 5.41) is 3.80. The minimum Gasteiger partial charge on any atom is -0.469 e. The van der Waals surface area contributed by atoms with Crippen LogP contribution in [0.2, 0.25) is 0 Å². The first-order chi connectivity index (χ1) is 8.92. The van der Waals surface area contributed by atoms with Crippen LogP contribution in [0.4, 0.5) is 0 Å². The Morgan fingerprint density at radius 3 is 3.00 bits per heavy atom. The molecule has 1 N–H and O–H groups in total. The Bertz CT molecular complexity index is 399. The SMILES string of the molecule is c1coc(CCNC2CC3CC2C2CCCC32)c1. The predicted molar refractivity (Wildman–Crippen MR) is 71.2 cm³/mol. The van der Waals surface area contributed by atoms with Crippen LogP contribution in [0.5, 0.6) is 0 Å². The first kappa shape index (κ1) is 11.1. The topological polar surface area (TPSA) is 25.2 Å². The van der Waals surface area contributed by atoms with E-state index in [0.717, 1.165) is 48.4 Å². The molecule has 3 fully saturated rings. The zero-order valence-electron chi connectivity index (χ0n) is 11.0. The molecule has 1 aromatic rings. The smallest absolute Gasteiger partial charge is 0.105 e. The van der Waals surface area contributed by atoms with E-state index >= 15 is 0 Å². The van der Waals surface area contributed by atoms with Crippen LogP contribution >= 0.6 is 0 Å². The lowest BCUT2D eigenvalue weighted by atomic mass is 9.79. The number of hydrogen-bond acceptors (Lipinski definition) is 2. The predicted octanol–water partition coefficient (Wildman–Crippen LogP) is 3.24. The molecular formula is C16H23NO. The first-order valence-electron chi connectivity index (χ1n) is 7.67. The summed E-state index contributed by atoms with van der Waals surface area (Å²) >= 11 is 0. The molecule has 0 radical (unpaired) electrons. The van der Waals surface area contributed by atoms with Crippen molar-refractivity contribution >= 4 is 0 Å². The van der Waals surface area contributed by atoms with Crippen molar-refractivity contribution in [2.24, 2.45) is 23.7 Å². The molecule has 3 saturated carbocycles. The maximum absolute atomic E-state index is 5.39. The van der Waals surface area contributed by atoms with Gasteiger partial charge in [0.05, 0.1) is 6.26 Å². The molecule has 18 heavy (non-hydrogen) atoms. The van der Waals surface area contributed by atoms with Crippen LogP contribution in [-0.4, -0.2) is 12.6 Å². The molecule has 1 heterocycles. The standard InChI is InChI=1S/C16H23NO/c1-4-13-11-9-15(14(13)5-1)16(10-11)17-7-6-12-3-2-8-18-12/h2-3,8,11,13-17H,1,4-7,9-10H2. The van der Waals surface area contributed by atoms with E-state index in [-0.39, 0.29) is 0 Å². The molecule has 5 unspecified atom stereocenters. The van der Waals surface area contributed by atoms with E-state index in [4.69, 9.17) is 4.42 Å². The zero-order valence-corrected chi connectivity index (χ0v) is 11.0. The molecular weight excluding hydrogens is 222 g/mol. The Morgan fingerprint density at radius 2 is 2.11 bits per heavy atom. The van der Waals surface area contributed by atoms with Gasteiger partial charge in [-0.2, -0.15) is 0 Å². The minimum absolute atomic E-state index is 0.810. The van der Waals surface area contributed by atoms with Crippen LogP contribution in [0, 0.1) is 23.7 Å². The highest BCUT2D eigenvalue weighted by Gasteiger charge is 2.53. The maximum atomic E-state index is 5.39. The Kier molecular flexibility index (Phi) is 2.72. The summed E-state index contributed by atoms with van der Waals surface area (Å²) in [5.41, 5.74) is 0. The van der Waals surface area contributed by atoms with Gasteiger partial charge in [0.1, 0.15) is 5.76 Å². The fourth-order valence-corrected chi connectivity index (χ4v) is 5.14. The van der Waals surface area contributed by atoms with Crippen molar-refractivity contribution in [1.82, 2.24) is 5.32 Å². The number of furan rings is 1. The molecule has 3 aliphatic rings. The number of nitrogens with one attached hydrogen (secondary N) is 1. The monoisotopic (exact) mass is 245 g/mol. The highest BCUT2D eigenvalue weighted by atomic mass is 16.3. The lowest BCUT2D eigenvalue weighted by Gasteiger charge is -2.32. The Hall–Kier alpha value is -0.760. The van der Waals surface area contributed by atoms with Crippen LogP contribution in [0.25, 0.3) is 0 Å². The van der Waals surface area contributed by atoms with Gasteiger partial charge < -0.3 is 9.73 Å². The molecule has 0 amide bonds. The largest absolute Gasteiger partial charge is 0.469 e. The summed E-state index contributed by atoms with van der Waals surface area (Å²) in [4.78, 5) is 0. The van der Waals surface area contributed by atoms with Crippen LogP contribution in [-0.2, 0) is 6.42 Å². The quantitative estimate of drug-likeness (QED) is 0.881. The summed E-state index contributed by atoms with van der Waals surface area (Å²) in [6.45, 7) is 1.08. The van der Waals surface area contributed by atoms with Crippen LogP contribution in [0.1, 0.15) is 37.9 Å². The van der Waals surface area contributed by atoms with Crippen molar-refractivity contribution in [3.8, 4) is 0 Å². The van der Waals surface area contributed by atoms with Gasteiger partial charge in [-0.3, -0.25) is 0 Å². The molecule has 1 aromatic heterocycles. The number of hydrogen-bond donors (Lipinski definition) is 1. The third kappa shape index (κ3) is 1.73. The molecule has 98 valence electrons. The number of rotatable bonds is 4.